The largest absolute Gasteiger partial charge is 0.488 e. The minimum Gasteiger partial charge on any atom is -0.488 e. The molecule has 14 heteroatoms. The molecule has 4 aliphatic rings. The van der Waals surface area contributed by atoms with Gasteiger partial charge in [-0.2, -0.15) is 26.3 Å². The van der Waals surface area contributed by atoms with Crippen molar-refractivity contribution in [2.75, 3.05) is 26.2 Å². The van der Waals surface area contributed by atoms with Crippen molar-refractivity contribution in [2.45, 2.75) is 86.5 Å². The Morgan fingerprint density at radius 1 is 0.471 bits per heavy atom. The van der Waals surface area contributed by atoms with Crippen LogP contribution in [0.3, 0.4) is 0 Å². The van der Waals surface area contributed by atoms with E-state index in [9.17, 15) is 43.9 Å². The third-order valence-electron chi connectivity index (χ3n) is 14.2. The zero-order valence-corrected chi connectivity index (χ0v) is 37.2. The molecule has 68 heavy (non-hydrogen) atoms. The van der Waals surface area contributed by atoms with Crippen LogP contribution in [0.25, 0.3) is 0 Å². The van der Waals surface area contributed by atoms with E-state index in [-0.39, 0.29) is 35.3 Å². The maximum atomic E-state index is 14.6. The van der Waals surface area contributed by atoms with Crippen molar-refractivity contribution in [3.8, 4) is 11.5 Å². The minimum atomic E-state index is -5.03. The molecule has 0 N–H and O–H groups in total. The smallest absolute Gasteiger partial charge is 0.426 e. The molecule has 0 aliphatic carbocycles. The van der Waals surface area contributed by atoms with Crippen LogP contribution in [0.4, 0.5) is 43.9 Å². The number of ether oxygens (including phenoxy) is 2. The first kappa shape index (κ1) is 47.2. The maximum Gasteiger partial charge on any atom is 0.426 e. The van der Waals surface area contributed by atoms with E-state index in [4.69, 9.17) is 9.47 Å². The van der Waals surface area contributed by atoms with E-state index in [0.717, 1.165) is 33.4 Å². The molecule has 0 aromatic heterocycles. The zero-order chi connectivity index (χ0) is 48.3. The van der Waals surface area contributed by atoms with Gasteiger partial charge in [-0.15, -0.1) is 0 Å². The number of hydrogen-bond donors (Lipinski definition) is 0. The highest BCUT2D eigenvalue weighted by molar-refractivity contribution is 5.53. The van der Waals surface area contributed by atoms with Gasteiger partial charge in [0.15, 0.2) is 0 Å². The van der Waals surface area contributed by atoms with Crippen LogP contribution in [0.2, 0.25) is 0 Å². The fraction of sp³-hybridized carbons (Fsp3) is 0.333. The standard InChI is InChI=1S/2C27H24F5NO/c2*1-25(29,27(30,31)32)20-9-12-22-23(13-20)34-24-16-33(15-19-5-3-2-4-6-19)17-26(22,24)14-18-7-10-21(28)11-8-18/h2*2-13,24H,14-17H2,1H3. The van der Waals surface area contributed by atoms with Crippen LogP contribution in [0.5, 0.6) is 11.5 Å². The molecular formula is C54H48F10N2O2. The van der Waals surface area contributed by atoms with Crippen LogP contribution in [0.1, 0.15) is 58.4 Å². The Labute approximate surface area is 388 Å². The summed E-state index contributed by atoms with van der Waals surface area (Å²) >= 11 is 0. The Hall–Kier alpha value is -5.86. The summed E-state index contributed by atoms with van der Waals surface area (Å²) in [6, 6.07) is 40.4. The molecule has 0 amide bonds. The Morgan fingerprint density at radius 3 is 1.16 bits per heavy atom. The number of rotatable bonds is 10. The maximum absolute atomic E-state index is 14.6. The van der Waals surface area contributed by atoms with E-state index in [2.05, 4.69) is 9.80 Å². The van der Waals surface area contributed by atoms with Gasteiger partial charge in [-0.25, -0.2) is 17.6 Å². The summed E-state index contributed by atoms with van der Waals surface area (Å²) in [4.78, 5) is 4.52. The van der Waals surface area contributed by atoms with E-state index in [1.807, 2.05) is 60.7 Å². The van der Waals surface area contributed by atoms with Crippen LogP contribution in [0.15, 0.2) is 146 Å². The third kappa shape index (κ3) is 8.85. The molecule has 2 fully saturated rings. The van der Waals surface area contributed by atoms with Crippen molar-refractivity contribution in [3.05, 3.63) is 202 Å². The molecule has 4 nitrogen and oxygen atoms in total. The number of halogens is 10. The molecule has 0 bridgehead atoms. The van der Waals surface area contributed by atoms with Crippen LogP contribution in [0, 0.1) is 11.6 Å². The highest BCUT2D eigenvalue weighted by atomic mass is 19.4. The van der Waals surface area contributed by atoms with Gasteiger partial charge in [-0.1, -0.05) is 109 Å². The molecule has 6 aromatic rings. The van der Waals surface area contributed by atoms with Gasteiger partial charge in [0.05, 0.1) is 10.8 Å². The van der Waals surface area contributed by atoms with E-state index in [1.54, 1.807) is 36.4 Å². The third-order valence-corrected chi connectivity index (χ3v) is 14.2. The number of nitrogens with zero attached hydrogens (tertiary/aromatic N) is 2. The van der Waals surface area contributed by atoms with Gasteiger partial charge in [0, 0.05) is 61.5 Å². The van der Waals surface area contributed by atoms with Crippen molar-refractivity contribution in [1.82, 2.24) is 9.80 Å². The fourth-order valence-corrected chi connectivity index (χ4v) is 10.4. The second-order valence-corrected chi connectivity index (χ2v) is 18.9. The van der Waals surface area contributed by atoms with Crippen LogP contribution in [-0.4, -0.2) is 60.5 Å². The summed E-state index contributed by atoms with van der Waals surface area (Å²) in [6.45, 7) is 4.84. The lowest BCUT2D eigenvalue weighted by Crippen LogP contribution is -2.39. The predicted molar refractivity (Wildman–Crippen MR) is 238 cm³/mol. The van der Waals surface area contributed by atoms with Crippen molar-refractivity contribution >= 4 is 0 Å². The first-order chi connectivity index (χ1) is 32.2. The summed E-state index contributed by atoms with van der Waals surface area (Å²) in [6.07, 6.45) is -9.64. The molecule has 4 aliphatic heterocycles. The summed E-state index contributed by atoms with van der Waals surface area (Å²) in [5, 5.41) is 0. The molecule has 10 rings (SSSR count). The molecule has 6 aromatic carbocycles. The van der Waals surface area contributed by atoms with Crippen LogP contribution < -0.4 is 9.47 Å². The fourth-order valence-electron chi connectivity index (χ4n) is 10.4. The van der Waals surface area contributed by atoms with E-state index in [0.29, 0.717) is 66.0 Å². The predicted octanol–water partition coefficient (Wildman–Crippen LogP) is 12.7. The Kier molecular flexibility index (Phi) is 12.2. The lowest BCUT2D eigenvalue weighted by atomic mass is 9.74. The molecule has 4 heterocycles. The normalized spacial score (nSPS) is 23.8. The number of hydrogen-bond acceptors (Lipinski definition) is 4. The summed E-state index contributed by atoms with van der Waals surface area (Å²) in [7, 11) is 0. The Morgan fingerprint density at radius 2 is 0.824 bits per heavy atom. The van der Waals surface area contributed by atoms with Gasteiger partial charge >= 0.3 is 12.4 Å². The van der Waals surface area contributed by atoms with Gasteiger partial charge in [0.1, 0.15) is 35.3 Å². The van der Waals surface area contributed by atoms with Gasteiger partial charge in [0.2, 0.25) is 11.3 Å². The number of fused-ring (bicyclic) bond motifs is 6. The van der Waals surface area contributed by atoms with Crippen LogP contribution in [-0.2, 0) is 48.1 Å². The van der Waals surface area contributed by atoms with Crippen molar-refractivity contribution in [3.63, 3.8) is 0 Å². The molecule has 0 spiro atoms. The average molecular weight is 947 g/mol. The zero-order valence-electron chi connectivity index (χ0n) is 37.2. The molecule has 0 saturated carbocycles. The molecule has 356 valence electrons. The van der Waals surface area contributed by atoms with Crippen LogP contribution >= 0.6 is 0 Å². The number of alkyl halides is 8. The van der Waals surface area contributed by atoms with Crippen molar-refractivity contribution in [2.24, 2.45) is 0 Å². The first-order valence-corrected chi connectivity index (χ1v) is 22.3. The number of benzene rings is 6. The van der Waals surface area contributed by atoms with Gasteiger partial charge in [0.25, 0.3) is 0 Å². The topological polar surface area (TPSA) is 24.9 Å². The van der Waals surface area contributed by atoms with E-state index in [1.165, 1.54) is 48.5 Å². The average Bonchev–Trinajstić information content (AvgIpc) is 3.98. The SMILES string of the molecule is CC(F)(c1ccc2c(c1)OC1CN(Cc3ccccc3)CC21Cc1ccc(F)cc1)C(F)(F)F.CC(F)(c1ccc2c(c1)OC1CN(Cc3ccccc3)CC21Cc1ccc(F)cc1)C(F)(F)F. The highest BCUT2D eigenvalue weighted by Gasteiger charge is 2.59. The Balaban J connectivity index is 0.000000170. The lowest BCUT2D eigenvalue weighted by Gasteiger charge is -2.29. The van der Waals surface area contributed by atoms with Gasteiger partial charge in [-0.3, -0.25) is 9.80 Å². The van der Waals surface area contributed by atoms with Crippen molar-refractivity contribution in [1.29, 1.82) is 0 Å². The Bertz CT molecular complexity index is 2540. The van der Waals surface area contributed by atoms with Gasteiger partial charge in [-0.05, 0) is 85.3 Å². The summed E-state index contributed by atoms with van der Waals surface area (Å²) < 4.78 is 149. The molecule has 2 saturated heterocycles. The van der Waals surface area contributed by atoms with E-state index < -0.39 is 45.6 Å². The second kappa shape index (κ2) is 17.6. The number of likely N-dealkylation sites (tertiary alicyclic amines) is 2. The second-order valence-electron chi connectivity index (χ2n) is 18.9. The van der Waals surface area contributed by atoms with E-state index >= 15 is 0 Å². The minimum absolute atomic E-state index is 0.289. The molecule has 0 radical (unpaired) electrons. The van der Waals surface area contributed by atoms with Gasteiger partial charge < -0.3 is 9.47 Å². The highest BCUT2D eigenvalue weighted by Crippen LogP contribution is 2.54. The molecule has 6 unspecified atom stereocenters. The lowest BCUT2D eigenvalue weighted by molar-refractivity contribution is -0.229. The monoisotopic (exact) mass is 946 g/mol. The van der Waals surface area contributed by atoms with Crippen molar-refractivity contribution < 1.29 is 53.4 Å². The summed E-state index contributed by atoms with van der Waals surface area (Å²) in [5.41, 5.74) is -3.36. The first-order valence-electron chi connectivity index (χ1n) is 22.3. The molecule has 6 atom stereocenters. The summed E-state index contributed by atoms with van der Waals surface area (Å²) in [5.74, 6) is -0.0942. The molecular weight excluding hydrogens is 899 g/mol. The quantitative estimate of drug-likeness (QED) is 0.128.